The highest BCUT2D eigenvalue weighted by molar-refractivity contribution is 5.94. The third-order valence-electron chi connectivity index (χ3n) is 2.35. The van der Waals surface area contributed by atoms with Gasteiger partial charge in [-0.15, -0.1) is 0 Å². The van der Waals surface area contributed by atoms with Crippen LogP contribution in [0.4, 0.5) is 0 Å². The van der Waals surface area contributed by atoms with Crippen molar-refractivity contribution >= 4 is 5.78 Å². The zero-order valence-corrected chi connectivity index (χ0v) is 9.25. The van der Waals surface area contributed by atoms with E-state index in [1.807, 2.05) is 13.8 Å². The SMILES string of the molecule is CCN1CCOC(C(=O)C=C(C)C)C1. The van der Waals surface area contributed by atoms with E-state index in [2.05, 4.69) is 11.8 Å². The first kappa shape index (κ1) is 11.4. The Morgan fingerprint density at radius 2 is 2.29 bits per heavy atom. The van der Waals surface area contributed by atoms with E-state index in [9.17, 15) is 4.79 Å². The second-order valence-corrected chi connectivity index (χ2v) is 3.88. The summed E-state index contributed by atoms with van der Waals surface area (Å²) in [7, 11) is 0. The molecule has 0 radical (unpaired) electrons. The largest absolute Gasteiger partial charge is 0.367 e. The third-order valence-corrected chi connectivity index (χ3v) is 2.35. The second kappa shape index (κ2) is 5.27. The molecule has 1 aliphatic heterocycles. The van der Waals surface area contributed by atoms with Gasteiger partial charge in [0, 0.05) is 13.1 Å². The van der Waals surface area contributed by atoms with E-state index in [0.29, 0.717) is 6.61 Å². The van der Waals surface area contributed by atoms with Crippen LogP contribution in [0.2, 0.25) is 0 Å². The summed E-state index contributed by atoms with van der Waals surface area (Å²) in [6, 6.07) is 0. The van der Waals surface area contributed by atoms with Gasteiger partial charge >= 0.3 is 0 Å². The van der Waals surface area contributed by atoms with Gasteiger partial charge in [0.1, 0.15) is 6.10 Å². The fourth-order valence-electron chi connectivity index (χ4n) is 1.54. The van der Waals surface area contributed by atoms with E-state index in [0.717, 1.165) is 25.2 Å². The molecule has 0 bridgehead atoms. The van der Waals surface area contributed by atoms with E-state index in [4.69, 9.17) is 4.74 Å². The molecule has 0 aromatic carbocycles. The van der Waals surface area contributed by atoms with Crippen molar-refractivity contribution in [3.63, 3.8) is 0 Å². The summed E-state index contributed by atoms with van der Waals surface area (Å²) in [4.78, 5) is 13.9. The molecule has 80 valence electrons. The quantitative estimate of drug-likeness (QED) is 0.638. The first-order valence-electron chi connectivity index (χ1n) is 5.16. The molecule has 1 saturated heterocycles. The Morgan fingerprint density at radius 3 is 2.86 bits per heavy atom. The van der Waals surface area contributed by atoms with Gasteiger partial charge in [-0.25, -0.2) is 0 Å². The highest BCUT2D eigenvalue weighted by atomic mass is 16.5. The van der Waals surface area contributed by atoms with Crippen molar-refractivity contribution in [3.05, 3.63) is 11.6 Å². The molecule has 0 amide bonds. The van der Waals surface area contributed by atoms with Crippen LogP contribution >= 0.6 is 0 Å². The van der Waals surface area contributed by atoms with Crippen LogP contribution in [0.1, 0.15) is 20.8 Å². The van der Waals surface area contributed by atoms with Gasteiger partial charge in [-0.05, 0) is 26.5 Å². The molecule has 14 heavy (non-hydrogen) atoms. The lowest BCUT2D eigenvalue weighted by molar-refractivity contribution is -0.131. The molecular formula is C11H19NO2. The van der Waals surface area contributed by atoms with Crippen LogP contribution in [0.5, 0.6) is 0 Å². The minimum atomic E-state index is -0.251. The number of rotatable bonds is 3. The van der Waals surface area contributed by atoms with Gasteiger partial charge in [-0.2, -0.15) is 0 Å². The summed E-state index contributed by atoms with van der Waals surface area (Å²) in [5.41, 5.74) is 1.03. The highest BCUT2D eigenvalue weighted by Gasteiger charge is 2.23. The average molecular weight is 197 g/mol. The minimum absolute atomic E-state index is 0.100. The highest BCUT2D eigenvalue weighted by Crippen LogP contribution is 2.07. The first-order valence-corrected chi connectivity index (χ1v) is 5.16. The number of ketones is 1. The maximum absolute atomic E-state index is 11.6. The zero-order valence-electron chi connectivity index (χ0n) is 9.25. The van der Waals surface area contributed by atoms with Gasteiger partial charge in [-0.3, -0.25) is 9.69 Å². The van der Waals surface area contributed by atoms with Gasteiger partial charge in [0.05, 0.1) is 6.61 Å². The predicted octanol–water partition coefficient (Wildman–Crippen LogP) is 1.24. The fraction of sp³-hybridized carbons (Fsp3) is 0.727. The first-order chi connectivity index (χ1) is 6.63. The number of hydrogen-bond donors (Lipinski definition) is 0. The summed E-state index contributed by atoms with van der Waals surface area (Å²) in [6.07, 6.45) is 1.42. The van der Waals surface area contributed by atoms with Gasteiger partial charge in [0.15, 0.2) is 5.78 Å². The van der Waals surface area contributed by atoms with E-state index in [1.165, 1.54) is 0 Å². The van der Waals surface area contributed by atoms with Crippen LogP contribution in [0, 0.1) is 0 Å². The fourth-order valence-corrected chi connectivity index (χ4v) is 1.54. The van der Waals surface area contributed by atoms with Crippen molar-refractivity contribution in [2.75, 3.05) is 26.2 Å². The molecule has 1 aliphatic rings. The molecule has 1 atom stereocenters. The van der Waals surface area contributed by atoms with Crippen LogP contribution in [0.15, 0.2) is 11.6 Å². The van der Waals surface area contributed by atoms with Crippen molar-refractivity contribution in [3.8, 4) is 0 Å². The maximum atomic E-state index is 11.6. The number of nitrogens with zero attached hydrogens (tertiary/aromatic N) is 1. The second-order valence-electron chi connectivity index (χ2n) is 3.88. The van der Waals surface area contributed by atoms with E-state index in [1.54, 1.807) is 6.08 Å². The molecule has 1 fully saturated rings. The summed E-state index contributed by atoms with van der Waals surface area (Å²) in [5.74, 6) is 0.100. The molecule has 0 aromatic heterocycles. The lowest BCUT2D eigenvalue weighted by Crippen LogP contribution is -2.45. The summed E-state index contributed by atoms with van der Waals surface area (Å²) >= 11 is 0. The van der Waals surface area contributed by atoms with E-state index < -0.39 is 0 Å². The lowest BCUT2D eigenvalue weighted by atomic mass is 10.1. The number of carbonyl (C=O) groups excluding carboxylic acids is 1. The Balaban J connectivity index is 2.51. The molecule has 0 N–H and O–H groups in total. The number of ether oxygens (including phenoxy) is 1. The van der Waals surface area contributed by atoms with Crippen molar-refractivity contribution in [2.24, 2.45) is 0 Å². The number of hydrogen-bond acceptors (Lipinski definition) is 3. The molecule has 3 nitrogen and oxygen atoms in total. The van der Waals surface area contributed by atoms with Gasteiger partial charge in [-0.1, -0.05) is 12.5 Å². The number of carbonyl (C=O) groups is 1. The topological polar surface area (TPSA) is 29.5 Å². The Morgan fingerprint density at radius 1 is 1.57 bits per heavy atom. The summed E-state index contributed by atoms with van der Waals surface area (Å²) in [6.45, 7) is 9.29. The van der Waals surface area contributed by atoms with Crippen molar-refractivity contribution < 1.29 is 9.53 Å². The molecule has 0 aromatic rings. The molecule has 1 heterocycles. The van der Waals surface area contributed by atoms with Crippen LogP contribution < -0.4 is 0 Å². The number of likely N-dealkylation sites (N-methyl/N-ethyl adjacent to an activating group) is 1. The molecule has 1 unspecified atom stereocenters. The number of morpholine rings is 1. The van der Waals surface area contributed by atoms with Gasteiger partial charge in [0.2, 0.25) is 0 Å². The molecular weight excluding hydrogens is 178 g/mol. The van der Waals surface area contributed by atoms with Crippen molar-refractivity contribution in [1.29, 1.82) is 0 Å². The minimum Gasteiger partial charge on any atom is -0.367 e. The maximum Gasteiger partial charge on any atom is 0.185 e. The third kappa shape index (κ3) is 3.24. The van der Waals surface area contributed by atoms with E-state index >= 15 is 0 Å². The van der Waals surface area contributed by atoms with Crippen LogP contribution in [0.25, 0.3) is 0 Å². The summed E-state index contributed by atoms with van der Waals surface area (Å²) < 4.78 is 5.44. The zero-order chi connectivity index (χ0) is 10.6. The Hall–Kier alpha value is -0.670. The molecule has 0 spiro atoms. The Labute approximate surface area is 85.7 Å². The lowest BCUT2D eigenvalue weighted by Gasteiger charge is -2.30. The average Bonchev–Trinajstić information content (AvgIpc) is 2.17. The van der Waals surface area contributed by atoms with Crippen molar-refractivity contribution in [1.82, 2.24) is 4.90 Å². The number of allylic oxidation sites excluding steroid dienone is 1. The molecule has 3 heteroatoms. The van der Waals surface area contributed by atoms with Gasteiger partial charge in [0.25, 0.3) is 0 Å². The predicted molar refractivity (Wildman–Crippen MR) is 56.3 cm³/mol. The van der Waals surface area contributed by atoms with Crippen LogP contribution in [-0.2, 0) is 9.53 Å². The van der Waals surface area contributed by atoms with Gasteiger partial charge < -0.3 is 4.74 Å². The molecule has 0 saturated carbocycles. The Kier molecular flexibility index (Phi) is 4.29. The molecule has 0 aliphatic carbocycles. The van der Waals surface area contributed by atoms with Crippen LogP contribution in [-0.4, -0.2) is 43.0 Å². The van der Waals surface area contributed by atoms with Crippen LogP contribution in [0.3, 0.4) is 0 Å². The standard InChI is InChI=1S/C11H19NO2/c1-4-12-5-6-14-11(8-12)10(13)7-9(2)3/h7,11H,4-6,8H2,1-3H3. The normalized spacial score (nSPS) is 23.2. The monoisotopic (exact) mass is 197 g/mol. The molecule has 1 rings (SSSR count). The van der Waals surface area contributed by atoms with Crippen molar-refractivity contribution in [2.45, 2.75) is 26.9 Å². The van der Waals surface area contributed by atoms with E-state index in [-0.39, 0.29) is 11.9 Å². The smallest absolute Gasteiger partial charge is 0.185 e. The summed E-state index contributed by atoms with van der Waals surface area (Å²) in [5, 5.41) is 0. The Bertz CT molecular complexity index is 231.